The number of hydrogen-bond acceptors (Lipinski definition) is 7. The molecule has 3 heterocycles. The Hall–Kier alpha value is -2.63. The molecule has 1 aromatic carbocycles. The second-order valence-corrected chi connectivity index (χ2v) is 9.06. The Kier molecular flexibility index (Phi) is 5.19. The highest BCUT2D eigenvalue weighted by molar-refractivity contribution is 7.89. The molecule has 2 aliphatic rings. The summed E-state index contributed by atoms with van der Waals surface area (Å²) in [5, 5.41) is 13.0. The topological polar surface area (TPSA) is 134 Å². The molecule has 4 rings (SSSR count). The number of nitrogens with one attached hydrogen (secondary N) is 4. The van der Waals surface area contributed by atoms with Crippen LogP contribution in [0, 0.1) is 0 Å². The van der Waals surface area contributed by atoms with Crippen molar-refractivity contribution in [2.45, 2.75) is 50.0 Å². The number of aromatic nitrogens is 2. The Balaban J connectivity index is 1.40. The third-order valence-corrected chi connectivity index (χ3v) is 6.20. The summed E-state index contributed by atoms with van der Waals surface area (Å²) in [5.41, 5.74) is 2.10. The van der Waals surface area contributed by atoms with Crippen molar-refractivity contribution in [3.8, 4) is 0 Å². The summed E-state index contributed by atoms with van der Waals surface area (Å²) >= 11 is 0. The minimum atomic E-state index is -3.44. The van der Waals surface area contributed by atoms with Gasteiger partial charge < -0.3 is 20.1 Å². The highest BCUT2D eigenvalue weighted by atomic mass is 32.2. The first-order chi connectivity index (χ1) is 13.8. The quantitative estimate of drug-likeness (QED) is 0.579. The maximum atomic E-state index is 12.0. The van der Waals surface area contributed by atoms with Gasteiger partial charge in [0.05, 0.1) is 17.2 Å². The first-order valence-electron chi connectivity index (χ1n) is 9.34. The number of rotatable bonds is 5. The molecule has 11 heteroatoms. The van der Waals surface area contributed by atoms with E-state index in [-0.39, 0.29) is 29.7 Å². The lowest BCUT2D eigenvalue weighted by Crippen LogP contribution is -2.33. The van der Waals surface area contributed by atoms with E-state index in [1.807, 2.05) is 13.8 Å². The predicted molar refractivity (Wildman–Crippen MR) is 104 cm³/mol. The van der Waals surface area contributed by atoms with E-state index in [0.29, 0.717) is 30.1 Å². The number of hydrogen-bond donors (Lipinski definition) is 4. The van der Waals surface area contributed by atoms with Crippen molar-refractivity contribution >= 4 is 27.6 Å². The number of carbonyl (C=O) groups is 1. The molecule has 2 unspecified atom stereocenters. The maximum absolute atomic E-state index is 12.0. The molecular weight excluding hydrogens is 398 g/mol. The fourth-order valence-electron chi connectivity index (χ4n) is 3.38. The number of sulfonamides is 1. The first kappa shape index (κ1) is 19.7. The van der Waals surface area contributed by atoms with E-state index in [2.05, 4.69) is 25.6 Å². The van der Waals surface area contributed by atoms with E-state index >= 15 is 0 Å². The SMILES string of the molecule is CC(C)NC(=O)OC1COC(c2cc(Nc3cccc4c3CNS4(=O)=O)n[nH]2)C1. The molecule has 0 aliphatic carbocycles. The molecule has 4 N–H and O–H groups in total. The summed E-state index contributed by atoms with van der Waals surface area (Å²) in [6.07, 6.45) is -0.524. The van der Waals surface area contributed by atoms with E-state index < -0.39 is 16.1 Å². The zero-order chi connectivity index (χ0) is 20.6. The third-order valence-electron chi connectivity index (χ3n) is 4.71. The van der Waals surface area contributed by atoms with Crippen molar-refractivity contribution in [2.24, 2.45) is 0 Å². The van der Waals surface area contributed by atoms with E-state index in [1.165, 1.54) is 0 Å². The molecule has 0 saturated carbocycles. The Labute approximate surface area is 168 Å². The van der Waals surface area contributed by atoms with E-state index in [9.17, 15) is 13.2 Å². The Morgan fingerprint density at radius 1 is 1.38 bits per heavy atom. The molecule has 2 atom stereocenters. The fraction of sp³-hybridized carbons (Fsp3) is 0.444. The Morgan fingerprint density at radius 2 is 2.21 bits per heavy atom. The lowest BCUT2D eigenvalue weighted by molar-refractivity contribution is 0.0682. The van der Waals surface area contributed by atoms with Gasteiger partial charge in [0.1, 0.15) is 12.2 Å². The van der Waals surface area contributed by atoms with Gasteiger partial charge in [-0.25, -0.2) is 17.9 Å². The molecule has 0 radical (unpaired) electrons. The van der Waals surface area contributed by atoms with Crippen LogP contribution in [0.4, 0.5) is 16.3 Å². The van der Waals surface area contributed by atoms with Crippen LogP contribution in [0.3, 0.4) is 0 Å². The summed E-state index contributed by atoms with van der Waals surface area (Å²) in [4.78, 5) is 12.0. The number of alkyl carbamates (subject to hydrolysis) is 1. The normalized spacial score (nSPS) is 22.4. The molecule has 10 nitrogen and oxygen atoms in total. The van der Waals surface area contributed by atoms with Crippen LogP contribution in [0.2, 0.25) is 0 Å². The molecule has 2 aromatic rings. The van der Waals surface area contributed by atoms with Gasteiger partial charge in [-0.15, -0.1) is 0 Å². The number of carbonyl (C=O) groups excluding carboxylic acids is 1. The highest BCUT2D eigenvalue weighted by Gasteiger charge is 2.31. The molecule has 0 bridgehead atoms. The van der Waals surface area contributed by atoms with Gasteiger partial charge in [0, 0.05) is 36.3 Å². The van der Waals surface area contributed by atoms with Crippen LogP contribution in [-0.2, 0) is 26.0 Å². The third kappa shape index (κ3) is 4.21. The van der Waals surface area contributed by atoms with Crippen molar-refractivity contribution in [1.29, 1.82) is 0 Å². The maximum Gasteiger partial charge on any atom is 0.407 e. The average molecular weight is 421 g/mol. The van der Waals surface area contributed by atoms with Crippen LogP contribution in [-0.4, -0.2) is 43.5 Å². The standard InChI is InChI=1S/C18H23N5O5S/c1-10(2)20-18(24)28-11-6-15(27-9-11)14-7-17(23-22-14)21-13-4-3-5-16-12(13)8-19-29(16,25)26/h3-5,7,10-11,15,19H,6,8-9H2,1-2H3,(H,20,24)(H2,21,22,23). The van der Waals surface area contributed by atoms with Gasteiger partial charge in [0.25, 0.3) is 0 Å². The molecule has 0 spiro atoms. The zero-order valence-corrected chi connectivity index (χ0v) is 16.9. The van der Waals surface area contributed by atoms with E-state index in [1.54, 1.807) is 24.3 Å². The summed E-state index contributed by atoms with van der Waals surface area (Å²) in [5.74, 6) is 0.545. The first-order valence-corrected chi connectivity index (χ1v) is 10.8. The molecule has 1 aromatic heterocycles. The van der Waals surface area contributed by atoms with Gasteiger partial charge in [-0.2, -0.15) is 5.10 Å². The highest BCUT2D eigenvalue weighted by Crippen LogP contribution is 2.33. The molecule has 2 aliphatic heterocycles. The second-order valence-electron chi connectivity index (χ2n) is 7.32. The Bertz CT molecular complexity index is 1020. The van der Waals surface area contributed by atoms with Crippen molar-refractivity contribution < 1.29 is 22.7 Å². The summed E-state index contributed by atoms with van der Waals surface area (Å²) in [6, 6.07) is 6.87. The van der Waals surface area contributed by atoms with Crippen LogP contribution in [0.5, 0.6) is 0 Å². The van der Waals surface area contributed by atoms with Crippen molar-refractivity contribution in [3.05, 3.63) is 35.5 Å². The van der Waals surface area contributed by atoms with Crippen LogP contribution in [0.15, 0.2) is 29.2 Å². The zero-order valence-electron chi connectivity index (χ0n) is 16.1. The van der Waals surface area contributed by atoms with Gasteiger partial charge in [-0.1, -0.05) is 6.07 Å². The van der Waals surface area contributed by atoms with Gasteiger partial charge in [-0.3, -0.25) is 5.10 Å². The molecule has 1 fully saturated rings. The van der Waals surface area contributed by atoms with E-state index in [4.69, 9.17) is 9.47 Å². The molecular formula is C18H23N5O5S. The van der Waals surface area contributed by atoms with Crippen LogP contribution in [0.25, 0.3) is 0 Å². The minimum absolute atomic E-state index is 0.00600. The van der Waals surface area contributed by atoms with Crippen molar-refractivity contribution in [1.82, 2.24) is 20.2 Å². The summed E-state index contributed by atoms with van der Waals surface area (Å²) in [7, 11) is -3.44. The number of amides is 1. The van der Waals surface area contributed by atoms with Crippen LogP contribution < -0.4 is 15.4 Å². The Morgan fingerprint density at radius 3 is 3.00 bits per heavy atom. The number of fused-ring (bicyclic) bond motifs is 1. The average Bonchev–Trinajstić information content (AvgIpc) is 3.35. The molecule has 29 heavy (non-hydrogen) atoms. The van der Waals surface area contributed by atoms with Crippen LogP contribution in [0.1, 0.15) is 37.6 Å². The summed E-state index contributed by atoms with van der Waals surface area (Å²) in [6.45, 7) is 4.28. The van der Waals surface area contributed by atoms with Crippen molar-refractivity contribution in [2.75, 3.05) is 11.9 Å². The lowest BCUT2D eigenvalue weighted by atomic mass is 10.1. The number of nitrogens with zero attached hydrogens (tertiary/aromatic N) is 1. The van der Waals surface area contributed by atoms with Gasteiger partial charge >= 0.3 is 6.09 Å². The van der Waals surface area contributed by atoms with Gasteiger partial charge in [-0.05, 0) is 26.0 Å². The smallest absolute Gasteiger partial charge is 0.407 e. The molecule has 1 saturated heterocycles. The number of benzene rings is 1. The van der Waals surface area contributed by atoms with Crippen LogP contribution >= 0.6 is 0 Å². The molecule has 1 amide bonds. The monoisotopic (exact) mass is 421 g/mol. The van der Waals surface area contributed by atoms with E-state index in [0.717, 1.165) is 5.69 Å². The van der Waals surface area contributed by atoms with Gasteiger partial charge in [0.15, 0.2) is 5.82 Å². The minimum Gasteiger partial charge on any atom is -0.444 e. The second kappa shape index (κ2) is 7.65. The van der Waals surface area contributed by atoms with Gasteiger partial charge in [0.2, 0.25) is 10.0 Å². The number of H-pyrrole nitrogens is 1. The molecule has 156 valence electrons. The lowest BCUT2D eigenvalue weighted by Gasteiger charge is -2.13. The number of ether oxygens (including phenoxy) is 2. The summed E-state index contributed by atoms with van der Waals surface area (Å²) < 4.78 is 37.6. The predicted octanol–water partition coefficient (Wildman–Crippen LogP) is 1.91. The number of aromatic amines is 1. The largest absolute Gasteiger partial charge is 0.444 e. The van der Waals surface area contributed by atoms with Crippen molar-refractivity contribution in [3.63, 3.8) is 0 Å². The number of anilines is 2. The fourth-order valence-corrected chi connectivity index (χ4v) is 4.64.